The predicted molar refractivity (Wildman–Crippen MR) is 72.3 cm³/mol. The van der Waals surface area contributed by atoms with Crippen molar-refractivity contribution in [2.24, 2.45) is 0 Å². The number of hydrogen-bond acceptors (Lipinski definition) is 3. The normalized spacial score (nSPS) is 14.9. The number of nitrogens with zero attached hydrogens (tertiary/aromatic N) is 2. The zero-order valence-corrected chi connectivity index (χ0v) is 10.9. The van der Waals surface area contributed by atoms with Gasteiger partial charge in [0.05, 0.1) is 0 Å². The van der Waals surface area contributed by atoms with Gasteiger partial charge in [0.25, 0.3) is 0 Å². The number of hydrogen-bond donors (Lipinski definition) is 1. The Morgan fingerprint density at radius 1 is 1.41 bits per heavy atom. The van der Waals surface area contributed by atoms with Crippen LogP contribution in [0.3, 0.4) is 0 Å². The molecule has 3 heteroatoms. The Bertz CT molecular complexity index is 330. The van der Waals surface area contributed by atoms with Crippen LogP contribution >= 0.6 is 0 Å². The van der Waals surface area contributed by atoms with E-state index in [0.717, 1.165) is 24.9 Å². The number of nitrogens with one attached hydrogen (secondary N) is 1. The Kier molecular flexibility index (Phi) is 4.37. The van der Waals surface area contributed by atoms with E-state index in [-0.39, 0.29) is 0 Å². The molecule has 1 heterocycles. The minimum atomic E-state index is 0.754. The molecule has 17 heavy (non-hydrogen) atoms. The van der Waals surface area contributed by atoms with Crippen molar-refractivity contribution in [3.63, 3.8) is 0 Å². The fraction of sp³-hybridized carbons (Fsp3) is 0.643. The van der Waals surface area contributed by atoms with E-state index in [1.54, 1.807) is 0 Å². The van der Waals surface area contributed by atoms with Crippen LogP contribution in [0, 0.1) is 0 Å². The number of unbranched alkanes of at least 4 members (excludes halogenated alkanes) is 1. The minimum absolute atomic E-state index is 0.754. The summed E-state index contributed by atoms with van der Waals surface area (Å²) in [4.78, 5) is 7.08. The quantitative estimate of drug-likeness (QED) is 0.784. The van der Waals surface area contributed by atoms with E-state index >= 15 is 0 Å². The van der Waals surface area contributed by atoms with E-state index in [1.807, 2.05) is 13.2 Å². The number of aromatic nitrogens is 1. The minimum Gasteiger partial charge on any atom is -0.354 e. The molecule has 1 aromatic heterocycles. The molecule has 1 aliphatic rings. The fourth-order valence-electron chi connectivity index (χ4n) is 2.09. The molecular formula is C14H23N3. The SMILES string of the molecule is CCCCN(c1ccc(CNC)cn1)C1CC1. The number of pyridine rings is 1. The van der Waals surface area contributed by atoms with Gasteiger partial charge in [0.2, 0.25) is 0 Å². The average molecular weight is 233 g/mol. The highest BCUT2D eigenvalue weighted by molar-refractivity contribution is 5.42. The molecule has 0 amide bonds. The highest BCUT2D eigenvalue weighted by Gasteiger charge is 2.29. The van der Waals surface area contributed by atoms with Crippen molar-refractivity contribution in [2.75, 3.05) is 18.5 Å². The zero-order valence-electron chi connectivity index (χ0n) is 10.9. The Morgan fingerprint density at radius 2 is 2.24 bits per heavy atom. The van der Waals surface area contributed by atoms with Crippen molar-refractivity contribution in [3.8, 4) is 0 Å². The highest BCUT2D eigenvalue weighted by atomic mass is 15.2. The molecule has 0 aliphatic heterocycles. The van der Waals surface area contributed by atoms with E-state index in [0.29, 0.717) is 0 Å². The Hall–Kier alpha value is -1.09. The Labute approximate surface area is 104 Å². The molecule has 3 nitrogen and oxygen atoms in total. The van der Waals surface area contributed by atoms with Crippen LogP contribution in [0.5, 0.6) is 0 Å². The predicted octanol–water partition coefficient (Wildman–Crippen LogP) is 2.57. The Balaban J connectivity index is 2.01. The van der Waals surface area contributed by atoms with Gasteiger partial charge in [-0.05, 0) is 37.9 Å². The van der Waals surface area contributed by atoms with Crippen molar-refractivity contribution in [3.05, 3.63) is 23.9 Å². The summed E-state index contributed by atoms with van der Waals surface area (Å²) in [5.74, 6) is 1.15. The molecule has 0 bridgehead atoms. The summed E-state index contributed by atoms with van der Waals surface area (Å²) >= 11 is 0. The highest BCUT2D eigenvalue weighted by Crippen LogP contribution is 2.30. The van der Waals surface area contributed by atoms with Crippen LogP contribution in [0.4, 0.5) is 5.82 Å². The first-order valence-corrected chi connectivity index (χ1v) is 6.71. The monoisotopic (exact) mass is 233 g/mol. The lowest BCUT2D eigenvalue weighted by molar-refractivity contribution is 0.703. The first kappa shape index (κ1) is 12.4. The largest absolute Gasteiger partial charge is 0.354 e. The van der Waals surface area contributed by atoms with Gasteiger partial charge < -0.3 is 10.2 Å². The van der Waals surface area contributed by atoms with Gasteiger partial charge in [-0.2, -0.15) is 0 Å². The maximum absolute atomic E-state index is 4.60. The lowest BCUT2D eigenvalue weighted by Gasteiger charge is -2.23. The third-order valence-corrected chi connectivity index (χ3v) is 3.22. The van der Waals surface area contributed by atoms with Gasteiger partial charge in [0.1, 0.15) is 5.82 Å². The van der Waals surface area contributed by atoms with Crippen LogP contribution in [-0.4, -0.2) is 24.6 Å². The molecule has 1 aromatic rings. The first-order valence-electron chi connectivity index (χ1n) is 6.71. The summed E-state index contributed by atoms with van der Waals surface area (Å²) in [6.45, 7) is 4.29. The van der Waals surface area contributed by atoms with E-state index in [1.165, 1.54) is 31.2 Å². The van der Waals surface area contributed by atoms with E-state index in [2.05, 4.69) is 34.3 Å². The smallest absolute Gasteiger partial charge is 0.128 e. The van der Waals surface area contributed by atoms with Gasteiger partial charge in [-0.25, -0.2) is 4.98 Å². The maximum Gasteiger partial charge on any atom is 0.128 e. The average Bonchev–Trinajstić information content (AvgIpc) is 3.16. The molecule has 2 rings (SSSR count). The second kappa shape index (κ2) is 6.01. The van der Waals surface area contributed by atoms with Crippen molar-refractivity contribution >= 4 is 5.82 Å². The number of rotatable bonds is 7. The molecule has 0 radical (unpaired) electrons. The molecule has 0 spiro atoms. The van der Waals surface area contributed by atoms with Crippen LogP contribution in [0.2, 0.25) is 0 Å². The standard InChI is InChI=1S/C14H23N3/c1-3-4-9-17(13-6-7-13)14-8-5-12(10-15-2)11-16-14/h5,8,11,13,15H,3-4,6-7,9-10H2,1-2H3. The van der Waals surface area contributed by atoms with Gasteiger partial charge in [0.15, 0.2) is 0 Å². The molecule has 1 N–H and O–H groups in total. The molecule has 0 saturated heterocycles. The van der Waals surface area contributed by atoms with Gasteiger partial charge in [-0.3, -0.25) is 0 Å². The van der Waals surface area contributed by atoms with Crippen molar-refractivity contribution < 1.29 is 0 Å². The van der Waals surface area contributed by atoms with Gasteiger partial charge >= 0.3 is 0 Å². The van der Waals surface area contributed by atoms with E-state index < -0.39 is 0 Å². The second-order valence-electron chi connectivity index (χ2n) is 4.83. The summed E-state index contributed by atoms with van der Waals surface area (Å²) in [5.41, 5.74) is 1.25. The van der Waals surface area contributed by atoms with Gasteiger partial charge in [-0.1, -0.05) is 19.4 Å². The molecule has 1 saturated carbocycles. The van der Waals surface area contributed by atoms with Crippen LogP contribution < -0.4 is 10.2 Å². The van der Waals surface area contributed by atoms with Gasteiger partial charge in [0, 0.05) is 25.3 Å². The zero-order chi connectivity index (χ0) is 12.1. The lowest BCUT2D eigenvalue weighted by Crippen LogP contribution is -2.27. The second-order valence-corrected chi connectivity index (χ2v) is 4.83. The molecular weight excluding hydrogens is 210 g/mol. The molecule has 94 valence electrons. The van der Waals surface area contributed by atoms with E-state index in [4.69, 9.17) is 0 Å². The summed E-state index contributed by atoms with van der Waals surface area (Å²) in [6, 6.07) is 5.10. The van der Waals surface area contributed by atoms with Crippen molar-refractivity contribution in [2.45, 2.75) is 45.2 Å². The fourth-order valence-corrected chi connectivity index (χ4v) is 2.09. The molecule has 1 fully saturated rings. The topological polar surface area (TPSA) is 28.2 Å². The number of anilines is 1. The molecule has 1 aliphatic carbocycles. The third kappa shape index (κ3) is 3.43. The molecule has 0 atom stereocenters. The van der Waals surface area contributed by atoms with Crippen LogP contribution in [0.25, 0.3) is 0 Å². The van der Waals surface area contributed by atoms with E-state index in [9.17, 15) is 0 Å². The van der Waals surface area contributed by atoms with Crippen LogP contribution in [0.1, 0.15) is 38.2 Å². The van der Waals surface area contributed by atoms with Crippen molar-refractivity contribution in [1.29, 1.82) is 0 Å². The first-order chi connectivity index (χ1) is 8.35. The summed E-state index contributed by atoms with van der Waals surface area (Å²) in [5, 5.41) is 3.15. The summed E-state index contributed by atoms with van der Waals surface area (Å²) < 4.78 is 0. The van der Waals surface area contributed by atoms with Crippen molar-refractivity contribution in [1.82, 2.24) is 10.3 Å². The lowest BCUT2D eigenvalue weighted by atomic mass is 10.2. The van der Waals surface area contributed by atoms with Gasteiger partial charge in [-0.15, -0.1) is 0 Å². The Morgan fingerprint density at radius 3 is 2.76 bits per heavy atom. The summed E-state index contributed by atoms with van der Waals surface area (Å²) in [7, 11) is 1.96. The van der Waals surface area contributed by atoms with Crippen LogP contribution in [-0.2, 0) is 6.54 Å². The molecule has 0 unspecified atom stereocenters. The van der Waals surface area contributed by atoms with Crippen LogP contribution in [0.15, 0.2) is 18.3 Å². The maximum atomic E-state index is 4.60. The third-order valence-electron chi connectivity index (χ3n) is 3.22. The summed E-state index contributed by atoms with van der Waals surface area (Å²) in [6.07, 6.45) is 7.18. The molecule has 0 aromatic carbocycles.